The van der Waals surface area contributed by atoms with E-state index in [2.05, 4.69) is 42.0 Å². The van der Waals surface area contributed by atoms with Gasteiger partial charge in [0, 0.05) is 42.6 Å². The fourth-order valence-corrected chi connectivity index (χ4v) is 8.64. The highest BCUT2D eigenvalue weighted by Gasteiger charge is 2.40. The Balaban J connectivity index is 0.00000124. The molecule has 0 saturated heterocycles. The predicted molar refractivity (Wildman–Crippen MR) is 153 cm³/mol. The van der Waals surface area contributed by atoms with Crippen molar-refractivity contribution in [2.75, 3.05) is 48.1 Å². The Morgan fingerprint density at radius 1 is 0.846 bits per heavy atom. The van der Waals surface area contributed by atoms with Crippen molar-refractivity contribution in [1.29, 1.82) is 0 Å². The van der Waals surface area contributed by atoms with Gasteiger partial charge in [0.2, 0.25) is 5.71 Å². The molecule has 0 aromatic heterocycles. The molecule has 1 heterocycles. The van der Waals surface area contributed by atoms with Crippen LogP contribution >= 0.6 is 0 Å². The summed E-state index contributed by atoms with van der Waals surface area (Å²) in [6, 6.07) is 12.0. The molecule has 0 aliphatic carbocycles. The van der Waals surface area contributed by atoms with Crippen molar-refractivity contribution in [3.8, 4) is 0 Å². The van der Waals surface area contributed by atoms with E-state index in [1.54, 1.807) is 4.90 Å². The van der Waals surface area contributed by atoms with Gasteiger partial charge in [0.15, 0.2) is 6.54 Å². The highest BCUT2D eigenvalue weighted by molar-refractivity contribution is 7.86. The van der Waals surface area contributed by atoms with Crippen molar-refractivity contribution in [1.82, 2.24) is 0 Å². The van der Waals surface area contributed by atoms with Crippen molar-refractivity contribution in [3.05, 3.63) is 47.5 Å². The second kappa shape index (κ2) is 12.7. The smallest absolute Gasteiger partial charge is 0.375 e. The van der Waals surface area contributed by atoms with Crippen LogP contribution in [0.25, 0.3) is 0 Å². The average molecular weight is 621 g/mol. The molecule has 0 fully saturated rings. The van der Waals surface area contributed by atoms with Crippen molar-refractivity contribution < 1.29 is 43.6 Å². The molecular weight excluding hydrogens is 587 g/mol. The van der Waals surface area contributed by atoms with Crippen LogP contribution in [0, 0.1) is 0 Å². The number of fused-ring (bicyclic) bond motifs is 2. The van der Waals surface area contributed by atoms with Crippen molar-refractivity contribution in [2.24, 2.45) is 0 Å². The minimum absolute atomic E-state index is 0.0389. The van der Waals surface area contributed by atoms with Crippen LogP contribution in [0.1, 0.15) is 25.0 Å². The van der Waals surface area contributed by atoms with E-state index in [9.17, 15) is 25.9 Å². The first-order valence-corrected chi connectivity index (χ1v) is 19.2. The maximum absolute atomic E-state index is 11.6. The molecule has 216 valence electrons. The normalized spacial score (nSPS) is 15.0. The van der Waals surface area contributed by atoms with Gasteiger partial charge in [0.25, 0.3) is 20.2 Å². The molecule has 39 heavy (non-hydrogen) atoms. The standard InChI is InChI=1S/C23H33N3O6S2Si.O3S/c1-6-25(3)17-8-10-19-21(14-17)35(4,5)22-15-18(26(7-2)16-34(30,31)32)9-11-20(22)23(19)24-12-13-33(27,28)29;1-4(2)3/h8-11,14-15H,6-7,12-13,16H2,1-5H3,(H,27,28,29)(H,30,31,32);/p+1. The molecule has 0 radical (unpaired) electrons. The second-order valence-corrected chi connectivity index (χ2v) is 17.2. The average Bonchev–Trinajstić information content (AvgIpc) is 2.82. The molecule has 3 rings (SSSR count). The Labute approximate surface area is 231 Å². The molecule has 0 unspecified atom stereocenters. The van der Waals surface area contributed by atoms with Gasteiger partial charge in [-0.1, -0.05) is 13.1 Å². The molecule has 0 saturated carbocycles. The van der Waals surface area contributed by atoms with E-state index in [0.717, 1.165) is 34.3 Å². The molecule has 1 aliphatic heterocycles. The summed E-state index contributed by atoms with van der Waals surface area (Å²) in [6.45, 7) is 9.64. The van der Waals surface area contributed by atoms with E-state index in [-0.39, 0.29) is 6.54 Å². The zero-order valence-electron chi connectivity index (χ0n) is 22.4. The summed E-state index contributed by atoms with van der Waals surface area (Å²) in [5.41, 5.74) is 4.46. The largest absolute Gasteiger partial charge is 0.425 e. The van der Waals surface area contributed by atoms with Gasteiger partial charge >= 0.3 is 10.6 Å². The maximum Gasteiger partial charge on any atom is 0.425 e. The summed E-state index contributed by atoms with van der Waals surface area (Å²) in [6.07, 6.45) is 0. The lowest BCUT2D eigenvalue weighted by atomic mass is 10.00. The van der Waals surface area contributed by atoms with Crippen molar-refractivity contribution in [2.45, 2.75) is 26.9 Å². The first-order valence-electron chi connectivity index (χ1n) is 11.9. The highest BCUT2D eigenvalue weighted by Crippen LogP contribution is 2.25. The van der Waals surface area contributed by atoms with E-state index in [4.69, 9.17) is 12.6 Å². The lowest BCUT2D eigenvalue weighted by molar-refractivity contribution is -0.450. The lowest BCUT2D eigenvalue weighted by Crippen LogP contribution is -2.78. The molecule has 16 heteroatoms. The monoisotopic (exact) mass is 620 g/mol. The van der Waals surface area contributed by atoms with E-state index in [0.29, 0.717) is 12.2 Å². The van der Waals surface area contributed by atoms with Crippen molar-refractivity contribution >= 4 is 66.4 Å². The summed E-state index contributed by atoms with van der Waals surface area (Å²) in [5, 5.41) is 2.24. The Kier molecular flexibility index (Phi) is 10.6. The third kappa shape index (κ3) is 8.68. The van der Waals surface area contributed by atoms with Gasteiger partial charge in [0.05, 0.1) is 0 Å². The zero-order valence-corrected chi connectivity index (χ0v) is 25.8. The first kappa shape index (κ1) is 32.6. The van der Waals surface area contributed by atoms with E-state index in [1.165, 1.54) is 5.19 Å². The SMILES string of the molecule is CCN(C)c1ccc2c(c1)[Si](C)(C)c1cc(N(CC)CS(=O)(=O)O)ccc1C2=[NH+]CCS(=O)(=O)O.O=S(=O)=O. The summed E-state index contributed by atoms with van der Waals surface area (Å²) >= 11 is 0. The molecule has 0 bridgehead atoms. The molecule has 0 atom stereocenters. The lowest BCUT2D eigenvalue weighted by Gasteiger charge is -2.34. The van der Waals surface area contributed by atoms with Crippen LogP contribution in [-0.2, 0) is 30.8 Å². The number of anilines is 2. The minimum Gasteiger partial charge on any atom is -0.375 e. The van der Waals surface area contributed by atoms with Gasteiger partial charge in [-0.2, -0.15) is 16.8 Å². The quantitative estimate of drug-likeness (QED) is 0.225. The van der Waals surface area contributed by atoms with Gasteiger partial charge < -0.3 is 9.80 Å². The molecule has 0 amide bonds. The van der Waals surface area contributed by atoms with Crippen LogP contribution < -0.4 is 25.2 Å². The molecule has 2 aromatic carbocycles. The van der Waals surface area contributed by atoms with Crippen LogP contribution in [0.15, 0.2) is 36.4 Å². The van der Waals surface area contributed by atoms with Crippen molar-refractivity contribution in [3.63, 3.8) is 0 Å². The fraction of sp³-hybridized carbons (Fsp3) is 0.435. The third-order valence-electron chi connectivity index (χ3n) is 6.53. The van der Waals surface area contributed by atoms with Gasteiger partial charge in [0.1, 0.15) is 19.7 Å². The number of nitrogens with zero attached hydrogens (tertiary/aromatic N) is 2. The van der Waals surface area contributed by atoms with Gasteiger partial charge in [-0.05, 0) is 60.6 Å². The Bertz CT molecular complexity index is 1570. The summed E-state index contributed by atoms with van der Waals surface area (Å²) in [4.78, 5) is 6.97. The molecular formula is C23H34N3O9S3Si+. The topological polar surface area (TPSA) is 180 Å². The zero-order chi connectivity index (χ0) is 29.8. The maximum atomic E-state index is 11.6. The molecule has 1 aliphatic rings. The van der Waals surface area contributed by atoms with E-state index in [1.807, 2.05) is 38.2 Å². The number of hydrogen-bond donors (Lipinski definition) is 3. The fourth-order valence-electron chi connectivity index (χ4n) is 4.48. The van der Waals surface area contributed by atoms with Crippen LogP contribution in [-0.4, -0.2) is 90.7 Å². The van der Waals surface area contributed by atoms with Crippen LogP contribution in [0.3, 0.4) is 0 Å². The summed E-state index contributed by atoms with van der Waals surface area (Å²) in [5.74, 6) is -0.926. The predicted octanol–water partition coefficient (Wildman–Crippen LogP) is -1.25. The van der Waals surface area contributed by atoms with Crippen LogP contribution in [0.5, 0.6) is 0 Å². The Morgan fingerprint density at radius 3 is 1.77 bits per heavy atom. The van der Waals surface area contributed by atoms with Gasteiger partial charge in [-0.15, -0.1) is 12.6 Å². The number of benzene rings is 2. The Hall–Kier alpha value is -2.63. The van der Waals surface area contributed by atoms with Gasteiger partial charge in [-0.3, -0.25) is 9.11 Å². The number of hydrogen-bond acceptors (Lipinski definition) is 9. The first-order chi connectivity index (χ1) is 17.9. The second-order valence-electron chi connectivity index (χ2n) is 9.46. The minimum atomic E-state index is -4.20. The molecule has 2 aromatic rings. The van der Waals surface area contributed by atoms with E-state index < -0.39 is 50.5 Å². The molecule has 0 spiro atoms. The highest BCUT2D eigenvalue weighted by atomic mass is 32.2. The third-order valence-corrected chi connectivity index (χ3v) is 11.4. The van der Waals surface area contributed by atoms with Gasteiger partial charge in [-0.25, -0.2) is 4.99 Å². The molecule has 12 nitrogen and oxygen atoms in total. The number of nitrogens with one attached hydrogen (secondary N) is 1. The van der Waals surface area contributed by atoms with Crippen LogP contribution in [0.4, 0.5) is 11.4 Å². The summed E-state index contributed by atoms with van der Waals surface area (Å²) < 4.78 is 89.7. The summed E-state index contributed by atoms with van der Waals surface area (Å²) in [7, 11) is -11.7. The number of rotatable bonds is 9. The Morgan fingerprint density at radius 2 is 1.33 bits per heavy atom. The molecule has 3 N–H and O–H groups in total. The van der Waals surface area contributed by atoms with Crippen LogP contribution in [0.2, 0.25) is 13.1 Å². The van der Waals surface area contributed by atoms with E-state index >= 15 is 0 Å².